The number of hydrogen-bond donors (Lipinski definition) is 1. The molecule has 12 heavy (non-hydrogen) atoms. The summed E-state index contributed by atoms with van der Waals surface area (Å²) in [5.74, 6) is 0. The van der Waals surface area contributed by atoms with Gasteiger partial charge in [-0.2, -0.15) is 0 Å². The molecule has 61 valence electrons. The maximum Gasteiger partial charge on any atom is 0.0552 e. The number of fused-ring (bicyclic) bond motifs is 1. The predicted octanol–water partition coefficient (Wildman–Crippen LogP) is 1.55. The molecule has 1 aliphatic rings. The van der Waals surface area contributed by atoms with Crippen molar-refractivity contribution in [1.82, 2.24) is 4.90 Å². The Morgan fingerprint density at radius 3 is 2.92 bits per heavy atom. The lowest BCUT2D eigenvalue weighted by Gasteiger charge is -2.23. The van der Waals surface area contributed by atoms with Crippen molar-refractivity contribution < 1.29 is 0 Å². The van der Waals surface area contributed by atoms with Crippen LogP contribution in [-0.4, -0.2) is 4.90 Å². The van der Waals surface area contributed by atoms with Crippen LogP contribution < -0.4 is 5.73 Å². The molecule has 0 bridgehead atoms. The quantitative estimate of drug-likeness (QED) is 0.622. The molecule has 1 heterocycles. The lowest BCUT2D eigenvalue weighted by Crippen LogP contribution is -2.17. The van der Waals surface area contributed by atoms with Crippen molar-refractivity contribution in [2.24, 2.45) is 5.73 Å². The standard InChI is InChI=1S/C10H11N2/c1-12-6-8-4-2-3-5-9(8)10(11)7-12/h2-5,7H,1,6,11H2. The largest absolute Gasteiger partial charge is 0.397 e. The maximum absolute atomic E-state index is 5.82. The first-order chi connectivity index (χ1) is 5.77. The molecule has 1 aliphatic heterocycles. The molecule has 0 saturated heterocycles. The molecule has 0 aromatic heterocycles. The van der Waals surface area contributed by atoms with Crippen molar-refractivity contribution in [2.75, 3.05) is 0 Å². The smallest absolute Gasteiger partial charge is 0.0552 e. The summed E-state index contributed by atoms with van der Waals surface area (Å²) in [6.07, 6.45) is 1.86. The summed E-state index contributed by atoms with van der Waals surface area (Å²) in [6.45, 7) is 0.844. The third-order valence-electron chi connectivity index (χ3n) is 2.02. The number of benzene rings is 1. The molecular weight excluding hydrogens is 148 g/mol. The van der Waals surface area contributed by atoms with Gasteiger partial charge in [0.05, 0.1) is 5.70 Å². The van der Waals surface area contributed by atoms with E-state index in [0.29, 0.717) is 0 Å². The predicted molar refractivity (Wildman–Crippen MR) is 49.5 cm³/mol. The van der Waals surface area contributed by atoms with Crippen molar-refractivity contribution in [3.8, 4) is 0 Å². The Hall–Kier alpha value is -1.44. The monoisotopic (exact) mass is 159 g/mol. The van der Waals surface area contributed by atoms with Crippen molar-refractivity contribution in [3.05, 3.63) is 48.6 Å². The number of nitrogens with two attached hydrogens (primary N) is 1. The SMILES string of the molecule is [CH2]N1C=C(N)c2ccccc2C1. The van der Waals surface area contributed by atoms with Gasteiger partial charge >= 0.3 is 0 Å². The fourth-order valence-corrected chi connectivity index (χ4v) is 1.47. The van der Waals surface area contributed by atoms with Gasteiger partial charge in [-0.25, -0.2) is 0 Å². The molecule has 2 rings (SSSR count). The second kappa shape index (κ2) is 2.55. The minimum atomic E-state index is 0.798. The Kier molecular flexibility index (Phi) is 1.54. The third kappa shape index (κ3) is 1.05. The van der Waals surface area contributed by atoms with Gasteiger partial charge in [0.1, 0.15) is 0 Å². The molecule has 0 unspecified atom stereocenters. The summed E-state index contributed by atoms with van der Waals surface area (Å²) in [5, 5.41) is 0. The second-order valence-corrected chi connectivity index (χ2v) is 2.99. The molecule has 0 aliphatic carbocycles. The van der Waals surface area contributed by atoms with Gasteiger partial charge in [0.25, 0.3) is 0 Å². The van der Waals surface area contributed by atoms with E-state index >= 15 is 0 Å². The number of nitrogens with zero attached hydrogens (tertiary/aromatic N) is 1. The zero-order valence-corrected chi connectivity index (χ0v) is 6.83. The van der Waals surface area contributed by atoms with Gasteiger partial charge in [0.2, 0.25) is 0 Å². The van der Waals surface area contributed by atoms with E-state index in [9.17, 15) is 0 Å². The summed E-state index contributed by atoms with van der Waals surface area (Å²) in [6, 6.07) is 8.13. The summed E-state index contributed by atoms with van der Waals surface area (Å²) < 4.78 is 0. The van der Waals surface area contributed by atoms with Crippen LogP contribution in [0.2, 0.25) is 0 Å². The third-order valence-corrected chi connectivity index (χ3v) is 2.02. The maximum atomic E-state index is 5.82. The first kappa shape index (κ1) is 7.22. The van der Waals surface area contributed by atoms with Crippen molar-refractivity contribution in [3.63, 3.8) is 0 Å². The molecule has 0 amide bonds. The van der Waals surface area contributed by atoms with Crippen molar-refractivity contribution >= 4 is 5.70 Å². The van der Waals surface area contributed by atoms with Crippen LogP contribution in [0.25, 0.3) is 5.70 Å². The average molecular weight is 159 g/mol. The second-order valence-electron chi connectivity index (χ2n) is 2.99. The Balaban J connectivity index is 2.53. The number of rotatable bonds is 0. The van der Waals surface area contributed by atoms with Crippen LogP contribution in [-0.2, 0) is 6.54 Å². The molecule has 2 N–H and O–H groups in total. The first-order valence-corrected chi connectivity index (χ1v) is 3.90. The van der Waals surface area contributed by atoms with E-state index in [0.717, 1.165) is 17.8 Å². The lowest BCUT2D eigenvalue weighted by molar-refractivity contribution is 0.488. The molecule has 2 heteroatoms. The van der Waals surface area contributed by atoms with Gasteiger partial charge in [0, 0.05) is 25.4 Å². The highest BCUT2D eigenvalue weighted by Gasteiger charge is 2.10. The van der Waals surface area contributed by atoms with Gasteiger partial charge in [-0.15, -0.1) is 0 Å². The molecule has 0 atom stereocenters. The zero-order valence-electron chi connectivity index (χ0n) is 6.83. The lowest BCUT2D eigenvalue weighted by atomic mass is 10.0. The van der Waals surface area contributed by atoms with E-state index in [1.807, 2.05) is 29.3 Å². The zero-order chi connectivity index (χ0) is 8.55. The van der Waals surface area contributed by atoms with E-state index in [-0.39, 0.29) is 0 Å². The van der Waals surface area contributed by atoms with Gasteiger partial charge in [-0.3, -0.25) is 0 Å². The fourth-order valence-electron chi connectivity index (χ4n) is 1.47. The van der Waals surface area contributed by atoms with E-state index in [2.05, 4.69) is 13.1 Å². The first-order valence-electron chi connectivity index (χ1n) is 3.90. The van der Waals surface area contributed by atoms with Crippen LogP contribution >= 0.6 is 0 Å². The minimum Gasteiger partial charge on any atom is -0.397 e. The highest BCUT2D eigenvalue weighted by molar-refractivity contribution is 5.66. The van der Waals surface area contributed by atoms with E-state index in [4.69, 9.17) is 5.73 Å². The molecule has 0 saturated carbocycles. The summed E-state index contributed by atoms with van der Waals surface area (Å²) in [5.41, 5.74) is 8.99. The van der Waals surface area contributed by atoms with Crippen LogP contribution in [0.5, 0.6) is 0 Å². The highest BCUT2D eigenvalue weighted by Crippen LogP contribution is 2.21. The van der Waals surface area contributed by atoms with E-state index < -0.39 is 0 Å². The van der Waals surface area contributed by atoms with Crippen LogP contribution in [0.15, 0.2) is 30.5 Å². The van der Waals surface area contributed by atoms with Crippen molar-refractivity contribution in [1.29, 1.82) is 0 Å². The molecule has 2 nitrogen and oxygen atoms in total. The van der Waals surface area contributed by atoms with E-state index in [1.54, 1.807) is 0 Å². The molecule has 1 aromatic carbocycles. The Morgan fingerprint density at radius 1 is 1.33 bits per heavy atom. The van der Waals surface area contributed by atoms with Crippen molar-refractivity contribution in [2.45, 2.75) is 6.54 Å². The minimum absolute atomic E-state index is 0.798. The molecule has 1 aromatic rings. The van der Waals surface area contributed by atoms with Gasteiger partial charge in [-0.1, -0.05) is 24.3 Å². The molecular formula is C10H11N2. The summed E-state index contributed by atoms with van der Waals surface area (Å²) in [7, 11) is 3.82. The molecule has 1 radical (unpaired) electrons. The Labute approximate surface area is 72.3 Å². The Bertz CT molecular complexity index is 328. The van der Waals surface area contributed by atoms with Gasteiger partial charge in [-0.05, 0) is 5.56 Å². The van der Waals surface area contributed by atoms with Crippen LogP contribution in [0.3, 0.4) is 0 Å². The van der Waals surface area contributed by atoms with Gasteiger partial charge in [0.15, 0.2) is 0 Å². The highest BCUT2D eigenvalue weighted by atomic mass is 15.1. The summed E-state index contributed by atoms with van der Waals surface area (Å²) >= 11 is 0. The Morgan fingerprint density at radius 2 is 2.08 bits per heavy atom. The fraction of sp³-hybridized carbons (Fsp3) is 0.100. The molecule has 0 fully saturated rings. The summed E-state index contributed by atoms with van der Waals surface area (Å²) in [4.78, 5) is 1.84. The average Bonchev–Trinajstić information content (AvgIpc) is 2.04. The van der Waals surface area contributed by atoms with Gasteiger partial charge < -0.3 is 10.6 Å². The van der Waals surface area contributed by atoms with Crippen LogP contribution in [0, 0.1) is 7.05 Å². The topological polar surface area (TPSA) is 29.3 Å². The van der Waals surface area contributed by atoms with Crippen LogP contribution in [0.4, 0.5) is 0 Å². The van der Waals surface area contributed by atoms with Crippen LogP contribution in [0.1, 0.15) is 11.1 Å². The number of hydrogen-bond acceptors (Lipinski definition) is 2. The normalized spacial score (nSPS) is 15.4. The molecule has 0 spiro atoms. The van der Waals surface area contributed by atoms with E-state index in [1.165, 1.54) is 5.56 Å².